The zero-order chi connectivity index (χ0) is 50.5. The summed E-state index contributed by atoms with van der Waals surface area (Å²) in [5.74, 6) is 11.4. The maximum atomic E-state index is 2.54. The average Bonchev–Trinajstić information content (AvgIpc) is 4.22. The van der Waals surface area contributed by atoms with Crippen molar-refractivity contribution in [2.75, 3.05) is 175 Å². The van der Waals surface area contributed by atoms with Crippen LogP contribution in [0.15, 0.2) is 0 Å². The summed E-state index contributed by atoms with van der Waals surface area (Å²) in [4.78, 5) is 22.4. The molecule has 10 atom stereocenters. The zero-order valence-corrected chi connectivity index (χ0v) is 49.3. The molecule has 0 N–H and O–H groups in total. The quantitative estimate of drug-likeness (QED) is 0.236. The molecule has 0 aromatic rings. The van der Waals surface area contributed by atoms with E-state index in [1.165, 1.54) is 214 Å². The fraction of sp³-hybridized carbons (Fsp3) is 1.00. The van der Waals surface area contributed by atoms with Crippen LogP contribution in [0.25, 0.3) is 0 Å². The second-order valence-electron chi connectivity index (χ2n) is 24.8. The van der Waals surface area contributed by atoms with Gasteiger partial charge in [-0.15, -0.1) is 0 Å². The number of rotatable bonds is 0. The molecular weight excluding hydrogens is 847 g/mol. The van der Waals surface area contributed by atoms with Gasteiger partial charge in [-0.05, 0) is 219 Å². The summed E-state index contributed by atoms with van der Waals surface area (Å²) < 4.78 is 0. The average molecular weight is 971 g/mol. The lowest BCUT2D eigenvalue weighted by molar-refractivity contribution is 0.0651. The minimum Gasteiger partial charge on any atom is -0.306 e. The topological polar surface area (TPSA) is 29.2 Å². The van der Waals surface area contributed by atoms with Crippen molar-refractivity contribution < 1.29 is 0 Å². The molecule has 9 aliphatic heterocycles. The molecule has 0 bridgehead atoms. The first-order chi connectivity index (χ1) is 33.4. The zero-order valence-electron chi connectivity index (χ0n) is 49.3. The summed E-state index contributed by atoms with van der Waals surface area (Å²) >= 11 is 0. The highest BCUT2D eigenvalue weighted by atomic mass is 15.2. The molecule has 12 fully saturated rings. The van der Waals surface area contributed by atoms with Crippen LogP contribution in [0.1, 0.15) is 144 Å². The molecule has 3 saturated carbocycles. The maximum absolute atomic E-state index is 2.54. The number of nitrogens with zero attached hydrogens (tertiary/aromatic N) is 9. The summed E-state index contributed by atoms with van der Waals surface area (Å²) in [5, 5.41) is 0. The van der Waals surface area contributed by atoms with E-state index < -0.39 is 0 Å². The van der Waals surface area contributed by atoms with E-state index in [1.807, 2.05) is 41.5 Å². The van der Waals surface area contributed by atoms with Crippen molar-refractivity contribution in [1.82, 2.24) is 44.1 Å². The predicted molar refractivity (Wildman–Crippen MR) is 303 cm³/mol. The van der Waals surface area contributed by atoms with Gasteiger partial charge in [0.25, 0.3) is 0 Å². The van der Waals surface area contributed by atoms with Gasteiger partial charge in [-0.2, -0.15) is 0 Å². The fourth-order valence-corrected chi connectivity index (χ4v) is 15.7. The minimum absolute atomic E-state index is 0.869. The highest BCUT2D eigenvalue weighted by molar-refractivity contribution is 4.93. The first kappa shape index (κ1) is 61.2. The van der Waals surface area contributed by atoms with Gasteiger partial charge in [-0.25, -0.2) is 0 Å². The number of likely N-dealkylation sites (N-methyl/N-ethyl adjacent to an activating group) is 2. The maximum Gasteiger partial charge on any atom is 0.0260 e. The van der Waals surface area contributed by atoms with Gasteiger partial charge in [0.05, 0.1) is 0 Å². The van der Waals surface area contributed by atoms with Crippen molar-refractivity contribution in [2.24, 2.45) is 65.1 Å². The third kappa shape index (κ3) is 20.0. The van der Waals surface area contributed by atoms with E-state index in [4.69, 9.17) is 0 Å². The van der Waals surface area contributed by atoms with Crippen LogP contribution in [-0.4, -0.2) is 225 Å². The van der Waals surface area contributed by atoms with Gasteiger partial charge in [0.2, 0.25) is 0 Å². The summed E-state index contributed by atoms with van der Waals surface area (Å²) in [6, 6.07) is 0.869. The van der Waals surface area contributed by atoms with Gasteiger partial charge in [0.1, 0.15) is 0 Å². The van der Waals surface area contributed by atoms with Crippen LogP contribution >= 0.6 is 0 Å². The molecule has 10 unspecified atom stereocenters. The number of piperidine rings is 4. The van der Waals surface area contributed by atoms with Gasteiger partial charge in [0.15, 0.2) is 0 Å². The van der Waals surface area contributed by atoms with Gasteiger partial charge in [-0.3, -0.25) is 0 Å². The Labute approximate surface area is 432 Å². The lowest BCUT2D eigenvalue weighted by Gasteiger charge is -2.42. The summed E-state index contributed by atoms with van der Waals surface area (Å²) in [5.41, 5.74) is 0. The van der Waals surface area contributed by atoms with Gasteiger partial charge >= 0.3 is 0 Å². The van der Waals surface area contributed by atoms with Gasteiger partial charge in [-0.1, -0.05) is 80.1 Å². The lowest BCUT2D eigenvalue weighted by atomic mass is 9.75. The highest BCUT2D eigenvalue weighted by Crippen LogP contribution is 2.38. The molecule has 0 spiro atoms. The monoisotopic (exact) mass is 970 g/mol. The van der Waals surface area contributed by atoms with Crippen molar-refractivity contribution in [2.45, 2.75) is 150 Å². The Morgan fingerprint density at radius 2 is 0.449 bits per heavy atom. The molecule has 9 nitrogen and oxygen atoms in total. The Hall–Kier alpha value is -0.360. The molecule has 69 heavy (non-hydrogen) atoms. The number of hydrogen-bond acceptors (Lipinski definition) is 9. The lowest BCUT2D eigenvalue weighted by Crippen LogP contribution is -2.47. The second kappa shape index (κ2) is 32.8. The first-order valence-corrected chi connectivity index (χ1v) is 30.5. The number of likely N-dealkylation sites (tertiary alicyclic amines) is 9. The second-order valence-corrected chi connectivity index (χ2v) is 24.8. The molecule has 0 aromatic carbocycles. The van der Waals surface area contributed by atoms with E-state index in [9.17, 15) is 0 Å². The van der Waals surface area contributed by atoms with Crippen LogP contribution in [-0.2, 0) is 0 Å². The van der Waals surface area contributed by atoms with E-state index in [-0.39, 0.29) is 0 Å². The van der Waals surface area contributed by atoms with E-state index >= 15 is 0 Å². The predicted octanol–water partition coefficient (Wildman–Crippen LogP) is 9.93. The number of fused-ring (bicyclic) bond motifs is 6. The van der Waals surface area contributed by atoms with Crippen LogP contribution < -0.4 is 0 Å². The molecule has 0 aromatic heterocycles. The molecule has 9 heteroatoms. The van der Waals surface area contributed by atoms with Crippen LogP contribution in [0, 0.1) is 65.1 Å². The summed E-state index contributed by atoms with van der Waals surface area (Å²) in [6.07, 6.45) is 23.7. The SMILES string of the molecule is CC.CC.CC.CN1CC2CCCC2C1.CN1CC2CCCCC2C1.CN1CC2CCCN(C)C2C1.CN1CC2CN(C)CC2C1.CN1CCC2CCCCC2C1.CN1CCC2CN(C)CCC2C1. The van der Waals surface area contributed by atoms with Crippen molar-refractivity contribution in [3.8, 4) is 0 Å². The van der Waals surface area contributed by atoms with Crippen LogP contribution in [0.3, 0.4) is 0 Å². The first-order valence-electron chi connectivity index (χ1n) is 30.5. The van der Waals surface area contributed by atoms with E-state index in [1.54, 1.807) is 0 Å². The van der Waals surface area contributed by atoms with Crippen molar-refractivity contribution in [3.63, 3.8) is 0 Å². The van der Waals surface area contributed by atoms with Gasteiger partial charge < -0.3 is 44.1 Å². The normalized spacial score (nSPS) is 38.0. The molecule has 9 heterocycles. The standard InChI is InChI=1S/C10H20N2.C10H19N.C9H18N2.C9H17N.C8H16N2.C8H15N.3C2H6/c1-11-5-3-10-8-12(2)6-4-9(10)7-11;1-11-7-6-9-4-2-3-5-10(9)8-11;1-10-6-8-4-3-5-11(2)9(8)7-10;1-10-6-8-4-2-3-5-9(8)7-10;1-9-3-7-5-10(2)6-8(7)4-9;1-9-5-7-3-2-4-8(7)6-9;3*1-2/h9-10H,3-8H2,1-2H3;9-10H,2-8H2,1H3;8-9H,3-7H2,1-2H3;8-9H,2-7H2,1H3;7-8H,3-6H2,1-2H3;7-8H,2-6H2,1H3;3*1-2H3. The van der Waals surface area contributed by atoms with Crippen LogP contribution in [0.5, 0.6) is 0 Å². The fourth-order valence-electron chi connectivity index (χ4n) is 15.7. The summed E-state index contributed by atoms with van der Waals surface area (Å²) in [6.45, 7) is 34.8. The number of hydrogen-bond donors (Lipinski definition) is 0. The molecule has 3 aliphatic carbocycles. The Morgan fingerprint density at radius 1 is 0.203 bits per heavy atom. The minimum atomic E-state index is 0.869. The smallest absolute Gasteiger partial charge is 0.0260 e. The Morgan fingerprint density at radius 3 is 0.826 bits per heavy atom. The molecule has 0 radical (unpaired) electrons. The van der Waals surface area contributed by atoms with Crippen LogP contribution in [0.2, 0.25) is 0 Å². The van der Waals surface area contributed by atoms with Crippen LogP contribution in [0.4, 0.5) is 0 Å². The third-order valence-electron chi connectivity index (χ3n) is 19.2. The Bertz CT molecular complexity index is 1230. The molecule has 12 rings (SSSR count). The van der Waals surface area contributed by atoms with E-state index in [2.05, 4.69) is 108 Å². The largest absolute Gasteiger partial charge is 0.306 e. The summed E-state index contributed by atoms with van der Waals surface area (Å²) in [7, 11) is 20.3. The third-order valence-corrected chi connectivity index (χ3v) is 19.2. The van der Waals surface area contributed by atoms with Crippen molar-refractivity contribution in [1.29, 1.82) is 0 Å². The Kier molecular flexibility index (Phi) is 29.1. The highest BCUT2D eigenvalue weighted by Gasteiger charge is 2.38. The Balaban J connectivity index is 0.000000177. The van der Waals surface area contributed by atoms with Gasteiger partial charge in [0, 0.05) is 91.1 Å². The molecular formula is C60H123N9. The van der Waals surface area contributed by atoms with E-state index in [0.717, 1.165) is 71.1 Å². The molecule has 12 aliphatic rings. The molecule has 9 saturated heterocycles. The van der Waals surface area contributed by atoms with E-state index in [0.29, 0.717) is 0 Å². The van der Waals surface area contributed by atoms with Crippen molar-refractivity contribution >= 4 is 0 Å². The van der Waals surface area contributed by atoms with Crippen molar-refractivity contribution in [3.05, 3.63) is 0 Å². The molecule has 0 amide bonds. The molecule has 408 valence electrons.